The Morgan fingerprint density at radius 1 is 1.00 bits per heavy atom. The molecule has 0 aromatic carbocycles. The summed E-state index contributed by atoms with van der Waals surface area (Å²) < 4.78 is 6.67. The molecule has 2 saturated heterocycles. The van der Waals surface area contributed by atoms with Crippen LogP contribution < -0.4 is 4.90 Å². The molecule has 29 heavy (non-hydrogen) atoms. The van der Waals surface area contributed by atoms with Crippen molar-refractivity contribution in [3.63, 3.8) is 0 Å². The van der Waals surface area contributed by atoms with Crippen molar-refractivity contribution in [3.8, 4) is 5.82 Å². The van der Waals surface area contributed by atoms with E-state index in [1.807, 2.05) is 21.7 Å². The Morgan fingerprint density at radius 2 is 1.69 bits per heavy atom. The molecule has 0 N–H and O–H groups in total. The number of imidazole rings is 1. The fourth-order valence-electron chi connectivity index (χ4n) is 4.16. The molecule has 0 unspecified atom stereocenters. The van der Waals surface area contributed by atoms with Crippen LogP contribution in [0, 0.1) is 11.8 Å². The van der Waals surface area contributed by atoms with E-state index in [-0.39, 0.29) is 23.7 Å². The maximum Gasteiger partial charge on any atom is 0.308 e. The molecule has 2 aromatic heterocycles. The van der Waals surface area contributed by atoms with Gasteiger partial charge in [-0.2, -0.15) is 0 Å². The van der Waals surface area contributed by atoms with E-state index in [1.54, 1.807) is 18.9 Å². The molecule has 0 saturated carbocycles. The van der Waals surface area contributed by atoms with Crippen molar-refractivity contribution in [3.05, 3.63) is 31.1 Å². The van der Waals surface area contributed by atoms with Gasteiger partial charge in [-0.1, -0.05) is 0 Å². The number of likely N-dealkylation sites (tertiary alicyclic amines) is 1. The van der Waals surface area contributed by atoms with E-state index in [0.717, 1.165) is 37.6 Å². The third-order valence-corrected chi connectivity index (χ3v) is 5.92. The molecule has 0 bridgehead atoms. The number of methoxy groups -OCH3 is 1. The average molecular weight is 398 g/mol. The molecule has 2 aliphatic rings. The van der Waals surface area contributed by atoms with E-state index in [9.17, 15) is 9.59 Å². The number of carbonyl (C=O) groups is 2. The predicted molar refractivity (Wildman–Crippen MR) is 105 cm³/mol. The fourth-order valence-corrected chi connectivity index (χ4v) is 4.16. The van der Waals surface area contributed by atoms with Crippen molar-refractivity contribution in [2.24, 2.45) is 11.8 Å². The van der Waals surface area contributed by atoms with Crippen LogP contribution in [-0.2, 0) is 14.3 Å². The topological polar surface area (TPSA) is 93.5 Å². The lowest BCUT2D eigenvalue weighted by Crippen LogP contribution is -2.46. The number of hydrogen-bond acceptors (Lipinski definition) is 7. The number of nitrogens with zero attached hydrogens (tertiary/aromatic N) is 6. The second-order valence-corrected chi connectivity index (χ2v) is 7.59. The lowest BCUT2D eigenvalue weighted by molar-refractivity contribution is -0.149. The molecular formula is C20H26N6O3. The Balaban J connectivity index is 1.31. The number of esters is 1. The summed E-state index contributed by atoms with van der Waals surface area (Å²) in [5.41, 5.74) is 0. The van der Waals surface area contributed by atoms with Gasteiger partial charge in [0.2, 0.25) is 5.91 Å². The molecule has 154 valence electrons. The summed E-state index contributed by atoms with van der Waals surface area (Å²) in [6.07, 6.45) is 9.83. The lowest BCUT2D eigenvalue weighted by atomic mass is 9.92. The number of aromatic nitrogens is 4. The van der Waals surface area contributed by atoms with Gasteiger partial charge in [-0.3, -0.25) is 14.2 Å². The number of rotatable bonds is 4. The van der Waals surface area contributed by atoms with Crippen LogP contribution in [0.3, 0.4) is 0 Å². The summed E-state index contributed by atoms with van der Waals surface area (Å²) in [5, 5.41) is 0. The van der Waals surface area contributed by atoms with Crippen LogP contribution in [0.2, 0.25) is 0 Å². The van der Waals surface area contributed by atoms with E-state index in [2.05, 4.69) is 19.9 Å². The van der Waals surface area contributed by atoms with Crippen LogP contribution in [0.15, 0.2) is 31.1 Å². The number of ether oxygens (including phenoxy) is 1. The second-order valence-electron chi connectivity index (χ2n) is 7.59. The number of hydrogen-bond donors (Lipinski definition) is 0. The SMILES string of the molecule is COC(=O)C1CCN(C(=O)C2CCN(c3cc(-n4ccnc4)ncn3)CC2)CC1. The number of carbonyl (C=O) groups excluding carboxylic acids is 2. The van der Waals surface area contributed by atoms with Crippen molar-refractivity contribution < 1.29 is 14.3 Å². The third kappa shape index (κ3) is 4.23. The van der Waals surface area contributed by atoms with Crippen LogP contribution in [0.5, 0.6) is 0 Å². The van der Waals surface area contributed by atoms with E-state index in [4.69, 9.17) is 4.74 Å². The number of piperidine rings is 2. The average Bonchev–Trinajstić information content (AvgIpc) is 3.33. The van der Waals surface area contributed by atoms with Gasteiger partial charge in [-0.25, -0.2) is 15.0 Å². The van der Waals surface area contributed by atoms with Gasteiger partial charge in [0.1, 0.15) is 24.3 Å². The zero-order valence-corrected chi connectivity index (χ0v) is 16.6. The molecule has 4 rings (SSSR count). The quantitative estimate of drug-likeness (QED) is 0.717. The molecule has 1 amide bonds. The Morgan fingerprint density at radius 3 is 2.34 bits per heavy atom. The fraction of sp³-hybridized carbons (Fsp3) is 0.550. The van der Waals surface area contributed by atoms with Gasteiger partial charge in [0.05, 0.1) is 13.0 Å². The highest BCUT2D eigenvalue weighted by Gasteiger charge is 2.33. The minimum atomic E-state index is -0.162. The van der Waals surface area contributed by atoms with Gasteiger partial charge in [-0.05, 0) is 25.7 Å². The lowest BCUT2D eigenvalue weighted by Gasteiger charge is -2.37. The van der Waals surface area contributed by atoms with Crippen LogP contribution in [0.4, 0.5) is 5.82 Å². The summed E-state index contributed by atoms with van der Waals surface area (Å²) in [7, 11) is 1.42. The van der Waals surface area contributed by atoms with Gasteiger partial charge in [0.25, 0.3) is 0 Å². The van der Waals surface area contributed by atoms with E-state index < -0.39 is 0 Å². The normalized spacial score (nSPS) is 18.7. The molecule has 4 heterocycles. The summed E-state index contributed by atoms with van der Waals surface area (Å²) >= 11 is 0. The van der Waals surface area contributed by atoms with Crippen molar-refractivity contribution in [2.45, 2.75) is 25.7 Å². The smallest absolute Gasteiger partial charge is 0.308 e. The third-order valence-electron chi connectivity index (χ3n) is 5.92. The predicted octanol–water partition coefficient (Wildman–Crippen LogP) is 1.29. The first-order valence-corrected chi connectivity index (χ1v) is 10.1. The minimum absolute atomic E-state index is 0.0379. The molecule has 2 aliphatic heterocycles. The molecule has 2 fully saturated rings. The molecule has 0 radical (unpaired) electrons. The first-order chi connectivity index (χ1) is 14.2. The highest BCUT2D eigenvalue weighted by atomic mass is 16.5. The van der Waals surface area contributed by atoms with Gasteiger partial charge >= 0.3 is 5.97 Å². The van der Waals surface area contributed by atoms with Gasteiger partial charge in [-0.15, -0.1) is 0 Å². The highest BCUT2D eigenvalue weighted by Crippen LogP contribution is 2.26. The molecular weight excluding hydrogens is 372 g/mol. The van der Waals surface area contributed by atoms with E-state index >= 15 is 0 Å². The first kappa shape index (κ1) is 19.4. The molecule has 0 atom stereocenters. The molecule has 9 nitrogen and oxygen atoms in total. The first-order valence-electron chi connectivity index (χ1n) is 10.1. The number of amides is 1. The largest absolute Gasteiger partial charge is 0.469 e. The Hall–Kier alpha value is -2.97. The zero-order chi connectivity index (χ0) is 20.2. The van der Waals surface area contributed by atoms with E-state index in [0.29, 0.717) is 25.9 Å². The summed E-state index contributed by atoms with van der Waals surface area (Å²) in [4.78, 5) is 41.5. The summed E-state index contributed by atoms with van der Waals surface area (Å²) in [6.45, 7) is 2.85. The zero-order valence-electron chi connectivity index (χ0n) is 16.6. The Bertz CT molecular complexity index is 840. The maximum absolute atomic E-state index is 12.9. The van der Waals surface area contributed by atoms with E-state index in [1.165, 1.54) is 7.11 Å². The minimum Gasteiger partial charge on any atom is -0.469 e. The maximum atomic E-state index is 12.9. The second kappa shape index (κ2) is 8.59. The Kier molecular flexibility index (Phi) is 5.73. The van der Waals surface area contributed by atoms with Crippen LogP contribution in [0.1, 0.15) is 25.7 Å². The molecule has 0 spiro atoms. The van der Waals surface area contributed by atoms with Crippen LogP contribution in [-0.4, -0.2) is 69.6 Å². The highest BCUT2D eigenvalue weighted by molar-refractivity contribution is 5.80. The van der Waals surface area contributed by atoms with Gasteiger partial charge < -0.3 is 14.5 Å². The molecule has 9 heteroatoms. The van der Waals surface area contributed by atoms with Crippen molar-refractivity contribution in [2.75, 3.05) is 38.2 Å². The summed E-state index contributed by atoms with van der Waals surface area (Å²) in [5.74, 6) is 1.66. The summed E-state index contributed by atoms with van der Waals surface area (Å²) in [6, 6.07) is 1.95. The van der Waals surface area contributed by atoms with Crippen LogP contribution >= 0.6 is 0 Å². The van der Waals surface area contributed by atoms with Gasteiger partial charge in [0, 0.05) is 50.6 Å². The van der Waals surface area contributed by atoms with Crippen molar-refractivity contribution >= 4 is 17.7 Å². The van der Waals surface area contributed by atoms with Crippen molar-refractivity contribution in [1.82, 2.24) is 24.4 Å². The standard InChI is InChI=1S/C20H26N6O3/c1-29-20(28)16-4-9-25(10-5-16)19(27)15-2-7-24(8-3-15)17-12-18(23-13-22-17)26-11-6-21-14-26/h6,11-16H,2-5,7-10H2,1H3. The molecule has 0 aliphatic carbocycles. The monoisotopic (exact) mass is 398 g/mol. The van der Waals surface area contributed by atoms with Crippen LogP contribution in [0.25, 0.3) is 5.82 Å². The molecule has 2 aromatic rings. The Labute approximate surface area is 169 Å². The number of anilines is 1. The van der Waals surface area contributed by atoms with Crippen molar-refractivity contribution in [1.29, 1.82) is 0 Å². The van der Waals surface area contributed by atoms with Gasteiger partial charge in [0.15, 0.2) is 0 Å².